The van der Waals surface area contributed by atoms with E-state index in [2.05, 4.69) is 22.4 Å². The third kappa shape index (κ3) is 3.18. The van der Waals surface area contributed by atoms with Crippen LogP contribution >= 0.6 is 0 Å². The molecular weight excluding hydrogens is 184 g/mol. The Morgan fingerprint density at radius 1 is 1.07 bits per heavy atom. The number of benzene rings is 1. The summed E-state index contributed by atoms with van der Waals surface area (Å²) in [6.45, 7) is 1.63. The first-order valence-electron chi connectivity index (χ1n) is 5.01. The third-order valence-corrected chi connectivity index (χ3v) is 2.12. The van der Waals surface area contributed by atoms with Crippen molar-refractivity contribution >= 4 is 0 Å². The van der Waals surface area contributed by atoms with E-state index in [1.165, 1.54) is 5.56 Å². The van der Waals surface area contributed by atoms with E-state index in [1.54, 1.807) is 0 Å². The fraction of sp³-hybridized carbons (Fsp3) is 0.154. The van der Waals surface area contributed by atoms with E-state index in [-0.39, 0.29) is 0 Å². The number of nitrogens with zero attached hydrogens (tertiary/aromatic N) is 1. The summed E-state index contributed by atoms with van der Waals surface area (Å²) < 4.78 is 0. The zero-order valence-corrected chi connectivity index (χ0v) is 8.48. The van der Waals surface area contributed by atoms with E-state index in [0.29, 0.717) is 0 Å². The summed E-state index contributed by atoms with van der Waals surface area (Å²) in [5.41, 5.74) is 2.24. The van der Waals surface area contributed by atoms with Gasteiger partial charge in [0.1, 0.15) is 0 Å². The molecule has 0 bridgehead atoms. The number of hydrogen-bond acceptors (Lipinski definition) is 2. The molecule has 2 nitrogen and oxygen atoms in total. The number of rotatable bonds is 4. The van der Waals surface area contributed by atoms with E-state index in [0.717, 1.165) is 18.8 Å². The highest BCUT2D eigenvalue weighted by Gasteiger charge is 1.93. The van der Waals surface area contributed by atoms with Crippen molar-refractivity contribution in [1.82, 2.24) is 10.3 Å². The van der Waals surface area contributed by atoms with Gasteiger partial charge in [-0.25, -0.2) is 0 Å². The average molecular weight is 197 g/mol. The van der Waals surface area contributed by atoms with Crippen LogP contribution in [-0.4, -0.2) is 4.98 Å². The lowest BCUT2D eigenvalue weighted by molar-refractivity contribution is 0.679. The van der Waals surface area contributed by atoms with Crippen LogP contribution in [0.1, 0.15) is 11.3 Å². The minimum absolute atomic E-state index is 0.795. The molecule has 0 saturated heterocycles. The summed E-state index contributed by atoms with van der Waals surface area (Å²) in [5, 5.41) is 3.32. The second kappa shape index (κ2) is 5.27. The minimum atomic E-state index is 0.795. The summed E-state index contributed by atoms with van der Waals surface area (Å²) in [6.07, 6.45) is 1.81. The first kappa shape index (κ1) is 9.87. The van der Waals surface area contributed by atoms with Crippen LogP contribution in [0.5, 0.6) is 0 Å². The van der Waals surface area contributed by atoms with Crippen LogP contribution in [0.2, 0.25) is 0 Å². The molecule has 0 aliphatic rings. The zero-order chi connectivity index (χ0) is 10.3. The molecule has 1 radical (unpaired) electrons. The average Bonchev–Trinajstić information content (AvgIpc) is 2.32. The molecular formula is C13H13N2. The minimum Gasteiger partial charge on any atom is -0.307 e. The highest BCUT2D eigenvalue weighted by molar-refractivity contribution is 5.13. The lowest BCUT2D eigenvalue weighted by Gasteiger charge is -2.03. The number of hydrogen-bond donors (Lipinski definition) is 1. The molecule has 1 aromatic carbocycles. The zero-order valence-electron chi connectivity index (χ0n) is 8.48. The molecule has 75 valence electrons. The van der Waals surface area contributed by atoms with Crippen LogP contribution in [-0.2, 0) is 13.1 Å². The molecule has 0 atom stereocenters. The van der Waals surface area contributed by atoms with E-state index >= 15 is 0 Å². The van der Waals surface area contributed by atoms with Gasteiger partial charge in [0.2, 0.25) is 0 Å². The molecule has 15 heavy (non-hydrogen) atoms. The number of aromatic nitrogens is 1. The molecule has 0 aliphatic carbocycles. The summed E-state index contributed by atoms with van der Waals surface area (Å²) in [5.74, 6) is 0. The van der Waals surface area contributed by atoms with Gasteiger partial charge in [-0.3, -0.25) is 4.98 Å². The molecule has 2 heteroatoms. The van der Waals surface area contributed by atoms with Gasteiger partial charge in [0.05, 0.1) is 5.69 Å². The lowest BCUT2D eigenvalue weighted by atomic mass is 10.2. The monoisotopic (exact) mass is 197 g/mol. The Labute approximate surface area is 90.0 Å². The molecule has 0 aliphatic heterocycles. The highest BCUT2D eigenvalue weighted by atomic mass is 14.9. The van der Waals surface area contributed by atoms with Crippen molar-refractivity contribution < 1.29 is 0 Å². The van der Waals surface area contributed by atoms with Gasteiger partial charge in [-0.15, -0.1) is 0 Å². The van der Waals surface area contributed by atoms with Gasteiger partial charge < -0.3 is 5.32 Å². The SMILES string of the molecule is [c]1ccccc1CNCc1ccccn1. The largest absolute Gasteiger partial charge is 0.307 e. The molecule has 2 aromatic rings. The maximum Gasteiger partial charge on any atom is 0.0541 e. The van der Waals surface area contributed by atoms with Crippen molar-refractivity contribution in [1.29, 1.82) is 0 Å². The number of nitrogens with one attached hydrogen (secondary N) is 1. The highest BCUT2D eigenvalue weighted by Crippen LogP contribution is 1.97. The Kier molecular flexibility index (Phi) is 3.47. The first-order chi connectivity index (χ1) is 7.45. The smallest absolute Gasteiger partial charge is 0.0541 e. The van der Waals surface area contributed by atoms with Gasteiger partial charge in [-0.2, -0.15) is 0 Å². The van der Waals surface area contributed by atoms with Crippen LogP contribution < -0.4 is 5.32 Å². The summed E-state index contributed by atoms with van der Waals surface area (Å²) in [6, 6.07) is 17.1. The molecule has 1 aromatic heterocycles. The maximum atomic E-state index is 4.24. The Bertz CT molecular complexity index is 344. The lowest BCUT2D eigenvalue weighted by Crippen LogP contribution is -2.13. The second-order valence-corrected chi connectivity index (χ2v) is 3.31. The topological polar surface area (TPSA) is 24.9 Å². The van der Waals surface area contributed by atoms with Crippen molar-refractivity contribution in [3.05, 3.63) is 66.0 Å². The maximum absolute atomic E-state index is 4.24. The van der Waals surface area contributed by atoms with E-state index < -0.39 is 0 Å². The predicted molar refractivity (Wildman–Crippen MR) is 60.1 cm³/mol. The molecule has 0 fully saturated rings. The van der Waals surface area contributed by atoms with Crippen LogP contribution in [0.4, 0.5) is 0 Å². The number of pyridine rings is 1. The van der Waals surface area contributed by atoms with Crippen molar-refractivity contribution in [2.24, 2.45) is 0 Å². The molecule has 2 rings (SSSR count). The van der Waals surface area contributed by atoms with Crippen molar-refractivity contribution in [3.8, 4) is 0 Å². The normalized spacial score (nSPS) is 10.1. The van der Waals surface area contributed by atoms with E-state index in [9.17, 15) is 0 Å². The van der Waals surface area contributed by atoms with Crippen LogP contribution in [0.3, 0.4) is 0 Å². The fourth-order valence-electron chi connectivity index (χ4n) is 1.37. The Balaban J connectivity index is 1.81. The van der Waals surface area contributed by atoms with Crippen LogP contribution in [0, 0.1) is 6.07 Å². The molecule has 1 heterocycles. The standard InChI is InChI=1S/C13H13N2/c1-2-6-12(7-3-1)10-14-11-13-8-4-5-9-15-13/h1-6,8-9,14H,10-11H2. The quantitative estimate of drug-likeness (QED) is 0.812. The van der Waals surface area contributed by atoms with Gasteiger partial charge in [0.15, 0.2) is 0 Å². The van der Waals surface area contributed by atoms with Gasteiger partial charge >= 0.3 is 0 Å². The Morgan fingerprint density at radius 2 is 2.00 bits per heavy atom. The van der Waals surface area contributed by atoms with E-state index in [4.69, 9.17) is 0 Å². The first-order valence-corrected chi connectivity index (χ1v) is 5.01. The van der Waals surface area contributed by atoms with Crippen LogP contribution in [0.25, 0.3) is 0 Å². The van der Waals surface area contributed by atoms with Gasteiger partial charge in [0.25, 0.3) is 0 Å². The summed E-state index contributed by atoms with van der Waals surface area (Å²) in [7, 11) is 0. The fourth-order valence-corrected chi connectivity index (χ4v) is 1.37. The van der Waals surface area contributed by atoms with E-state index in [1.807, 2.05) is 42.6 Å². The molecule has 1 N–H and O–H groups in total. The third-order valence-electron chi connectivity index (χ3n) is 2.12. The van der Waals surface area contributed by atoms with Gasteiger partial charge in [-0.1, -0.05) is 30.3 Å². The summed E-state index contributed by atoms with van der Waals surface area (Å²) in [4.78, 5) is 4.24. The Morgan fingerprint density at radius 3 is 2.73 bits per heavy atom. The van der Waals surface area contributed by atoms with Crippen molar-refractivity contribution in [2.75, 3.05) is 0 Å². The van der Waals surface area contributed by atoms with Gasteiger partial charge in [0, 0.05) is 19.3 Å². The van der Waals surface area contributed by atoms with Crippen molar-refractivity contribution in [2.45, 2.75) is 13.1 Å². The van der Waals surface area contributed by atoms with Crippen molar-refractivity contribution in [3.63, 3.8) is 0 Å². The Hall–Kier alpha value is -1.67. The molecule has 0 amide bonds. The van der Waals surface area contributed by atoms with Gasteiger partial charge in [-0.05, 0) is 23.8 Å². The molecule has 0 spiro atoms. The second-order valence-electron chi connectivity index (χ2n) is 3.31. The predicted octanol–water partition coefficient (Wildman–Crippen LogP) is 2.17. The van der Waals surface area contributed by atoms with Crippen LogP contribution in [0.15, 0.2) is 48.7 Å². The molecule has 0 unspecified atom stereocenters. The summed E-state index contributed by atoms with van der Waals surface area (Å²) >= 11 is 0. The molecule has 0 saturated carbocycles.